The van der Waals surface area contributed by atoms with Gasteiger partial charge < -0.3 is 10.1 Å². The van der Waals surface area contributed by atoms with Crippen molar-refractivity contribution in [1.82, 2.24) is 19.7 Å². The van der Waals surface area contributed by atoms with Gasteiger partial charge in [-0.15, -0.1) is 0 Å². The van der Waals surface area contributed by atoms with Gasteiger partial charge in [-0.05, 0) is 30.5 Å². The van der Waals surface area contributed by atoms with Crippen LogP contribution in [0.2, 0.25) is 0 Å². The molecule has 0 amide bonds. The van der Waals surface area contributed by atoms with E-state index in [2.05, 4.69) is 15.1 Å². The van der Waals surface area contributed by atoms with Gasteiger partial charge in [0.15, 0.2) is 5.82 Å². The summed E-state index contributed by atoms with van der Waals surface area (Å²) in [7, 11) is 0. The molecule has 0 bridgehead atoms. The van der Waals surface area contributed by atoms with Crippen molar-refractivity contribution in [2.24, 2.45) is 0 Å². The molecule has 6 nitrogen and oxygen atoms in total. The highest BCUT2D eigenvalue weighted by atomic mass is 19.1. The molecule has 1 aromatic carbocycles. The lowest BCUT2D eigenvalue weighted by Gasteiger charge is -2.14. The number of hydrogen-bond donors (Lipinski definition) is 2. The fourth-order valence-electron chi connectivity index (χ4n) is 2.78. The van der Waals surface area contributed by atoms with E-state index in [1.165, 1.54) is 16.8 Å². The van der Waals surface area contributed by atoms with Gasteiger partial charge in [-0.1, -0.05) is 19.1 Å². The first-order chi connectivity index (χ1) is 12.0. The Morgan fingerprint density at radius 3 is 2.80 bits per heavy atom. The first kappa shape index (κ1) is 17.0. The largest absolute Gasteiger partial charge is 0.395 e. The fourth-order valence-corrected chi connectivity index (χ4v) is 2.78. The number of nitrogens with one attached hydrogen (secondary N) is 1. The molecule has 2 N–H and O–H groups in total. The minimum atomic E-state index is -0.539. The summed E-state index contributed by atoms with van der Waals surface area (Å²) in [6, 6.07) is 6.37. The average molecular weight is 342 g/mol. The minimum absolute atomic E-state index is 0.254. The van der Waals surface area contributed by atoms with Crippen LogP contribution >= 0.6 is 0 Å². The van der Waals surface area contributed by atoms with E-state index in [1.54, 1.807) is 25.4 Å². The Morgan fingerprint density at radius 2 is 2.16 bits per heavy atom. The van der Waals surface area contributed by atoms with E-state index < -0.39 is 5.92 Å². The summed E-state index contributed by atoms with van der Waals surface area (Å²) in [6.07, 6.45) is 3.94. The summed E-state index contributed by atoms with van der Waals surface area (Å²) in [5.74, 6) is -0.0514. The Bertz CT molecular complexity index is 948. The summed E-state index contributed by atoms with van der Waals surface area (Å²) < 4.78 is 15.8. The zero-order chi connectivity index (χ0) is 18.0. The number of aromatic nitrogens is 4. The van der Waals surface area contributed by atoms with Crippen molar-refractivity contribution in [3.63, 3.8) is 0 Å². The Morgan fingerprint density at radius 1 is 1.36 bits per heavy atom. The van der Waals surface area contributed by atoms with Crippen molar-refractivity contribution in [3.05, 3.63) is 75.3 Å². The van der Waals surface area contributed by atoms with E-state index in [9.17, 15) is 14.3 Å². The lowest BCUT2D eigenvalue weighted by Crippen LogP contribution is -2.12. The van der Waals surface area contributed by atoms with Crippen molar-refractivity contribution in [2.75, 3.05) is 6.61 Å². The summed E-state index contributed by atoms with van der Waals surface area (Å²) >= 11 is 0. The second-order valence-corrected chi connectivity index (χ2v) is 5.85. The SMILES string of the molecule is CCc1ccc(C(CO)c2cnn(-c3cc(=O)[nH]c(C)n3)c2)c(F)c1. The Hall–Kier alpha value is -2.80. The molecule has 25 heavy (non-hydrogen) atoms. The normalized spacial score (nSPS) is 12.3. The van der Waals surface area contributed by atoms with Crippen LogP contribution in [0.15, 0.2) is 41.5 Å². The van der Waals surface area contributed by atoms with Gasteiger partial charge in [-0.2, -0.15) is 5.10 Å². The van der Waals surface area contributed by atoms with Gasteiger partial charge >= 0.3 is 0 Å². The van der Waals surface area contributed by atoms with E-state index in [1.807, 2.05) is 13.0 Å². The standard InChI is InChI=1S/C18H19FN4O2/c1-3-12-4-5-14(16(19)6-12)15(10-24)13-8-20-23(9-13)17-7-18(25)22-11(2)21-17/h4-9,15,24H,3,10H2,1-2H3,(H,21,22,25). The van der Waals surface area contributed by atoms with Gasteiger partial charge in [-0.3, -0.25) is 4.79 Å². The molecule has 130 valence electrons. The number of aryl methyl sites for hydroxylation is 2. The minimum Gasteiger partial charge on any atom is -0.395 e. The summed E-state index contributed by atoms with van der Waals surface area (Å²) in [5.41, 5.74) is 1.68. The number of H-pyrrole nitrogens is 1. The molecule has 0 radical (unpaired) electrons. The van der Waals surface area contributed by atoms with Gasteiger partial charge in [0.1, 0.15) is 11.6 Å². The van der Waals surface area contributed by atoms with Crippen LogP contribution in [0, 0.1) is 12.7 Å². The average Bonchev–Trinajstić information content (AvgIpc) is 3.06. The maximum Gasteiger partial charge on any atom is 0.253 e. The quantitative estimate of drug-likeness (QED) is 0.744. The number of aliphatic hydroxyl groups excluding tert-OH is 1. The number of benzene rings is 1. The van der Waals surface area contributed by atoms with Gasteiger partial charge in [0.25, 0.3) is 5.56 Å². The van der Waals surface area contributed by atoms with Crippen molar-refractivity contribution in [2.45, 2.75) is 26.2 Å². The van der Waals surface area contributed by atoms with Crippen molar-refractivity contribution in [3.8, 4) is 5.82 Å². The number of halogens is 1. The molecule has 7 heteroatoms. The van der Waals surface area contributed by atoms with Crippen molar-refractivity contribution < 1.29 is 9.50 Å². The second kappa shape index (κ2) is 6.98. The Kier molecular flexibility index (Phi) is 4.76. The number of nitrogens with zero attached hydrogens (tertiary/aromatic N) is 3. The third kappa shape index (κ3) is 3.51. The molecule has 1 unspecified atom stereocenters. The molecular formula is C18H19FN4O2. The van der Waals surface area contributed by atoms with Crippen molar-refractivity contribution >= 4 is 0 Å². The number of hydrogen-bond acceptors (Lipinski definition) is 4. The molecule has 1 atom stereocenters. The fraction of sp³-hybridized carbons (Fsp3) is 0.278. The van der Waals surface area contributed by atoms with Crippen molar-refractivity contribution in [1.29, 1.82) is 0 Å². The first-order valence-corrected chi connectivity index (χ1v) is 8.04. The molecule has 0 spiro atoms. The van der Waals surface area contributed by atoms with Gasteiger partial charge in [0, 0.05) is 23.7 Å². The highest BCUT2D eigenvalue weighted by molar-refractivity contribution is 5.35. The second-order valence-electron chi connectivity index (χ2n) is 5.85. The van der Waals surface area contributed by atoms with E-state index in [4.69, 9.17) is 0 Å². The summed E-state index contributed by atoms with van der Waals surface area (Å²) in [6.45, 7) is 3.38. The predicted molar refractivity (Wildman–Crippen MR) is 91.4 cm³/mol. The molecular weight excluding hydrogens is 323 g/mol. The molecule has 0 aliphatic rings. The molecule has 0 fully saturated rings. The van der Waals surface area contributed by atoms with Crippen LogP contribution in [0.25, 0.3) is 5.82 Å². The lowest BCUT2D eigenvalue weighted by atomic mass is 9.93. The van der Waals surface area contributed by atoms with Crippen LogP contribution in [-0.4, -0.2) is 31.5 Å². The third-order valence-electron chi connectivity index (χ3n) is 4.12. The molecule has 3 aromatic rings. The highest BCUT2D eigenvalue weighted by Crippen LogP contribution is 2.27. The van der Waals surface area contributed by atoms with Crippen LogP contribution in [0.5, 0.6) is 0 Å². The number of aliphatic hydroxyl groups is 1. The highest BCUT2D eigenvalue weighted by Gasteiger charge is 2.19. The Balaban J connectivity index is 1.98. The smallest absolute Gasteiger partial charge is 0.253 e. The van der Waals surface area contributed by atoms with Crippen LogP contribution < -0.4 is 5.56 Å². The van der Waals surface area contributed by atoms with Gasteiger partial charge in [-0.25, -0.2) is 14.1 Å². The van der Waals surface area contributed by atoms with E-state index in [-0.39, 0.29) is 18.0 Å². The molecule has 2 heterocycles. The molecule has 0 saturated heterocycles. The van der Waals surface area contributed by atoms with E-state index in [0.717, 1.165) is 12.0 Å². The maximum absolute atomic E-state index is 14.4. The molecule has 0 saturated carbocycles. The van der Waals surface area contributed by atoms with E-state index >= 15 is 0 Å². The van der Waals surface area contributed by atoms with Gasteiger partial charge in [0.2, 0.25) is 0 Å². The topological polar surface area (TPSA) is 83.8 Å². The number of rotatable bonds is 5. The zero-order valence-corrected chi connectivity index (χ0v) is 14.0. The van der Waals surface area contributed by atoms with Crippen LogP contribution in [0.4, 0.5) is 4.39 Å². The maximum atomic E-state index is 14.4. The summed E-state index contributed by atoms with van der Waals surface area (Å²) in [5, 5.41) is 14.0. The van der Waals surface area contributed by atoms with Crippen LogP contribution in [0.1, 0.15) is 35.4 Å². The molecule has 0 aliphatic carbocycles. The Labute approximate surface area is 144 Å². The predicted octanol–water partition coefficient (Wildman–Crippen LogP) is 2.09. The molecule has 2 aromatic heterocycles. The molecule has 0 aliphatic heterocycles. The van der Waals surface area contributed by atoms with E-state index in [0.29, 0.717) is 22.8 Å². The number of aromatic amines is 1. The first-order valence-electron chi connectivity index (χ1n) is 8.04. The lowest BCUT2D eigenvalue weighted by molar-refractivity contribution is 0.278. The third-order valence-corrected chi connectivity index (χ3v) is 4.12. The van der Waals surface area contributed by atoms with Crippen LogP contribution in [0.3, 0.4) is 0 Å². The van der Waals surface area contributed by atoms with Gasteiger partial charge in [0.05, 0.1) is 12.8 Å². The summed E-state index contributed by atoms with van der Waals surface area (Å²) in [4.78, 5) is 18.4. The monoisotopic (exact) mass is 342 g/mol. The zero-order valence-electron chi connectivity index (χ0n) is 14.0. The van der Waals surface area contributed by atoms with Crippen LogP contribution in [-0.2, 0) is 6.42 Å². The molecule has 3 rings (SSSR count).